The lowest BCUT2D eigenvalue weighted by Gasteiger charge is -2.13. The minimum atomic E-state index is -0.583. The van der Waals surface area contributed by atoms with E-state index in [0.717, 1.165) is 26.4 Å². The summed E-state index contributed by atoms with van der Waals surface area (Å²) in [6, 6.07) is 3.84. The van der Waals surface area contributed by atoms with Gasteiger partial charge in [-0.1, -0.05) is 0 Å². The highest BCUT2D eigenvalue weighted by atomic mass is 32.2. The van der Waals surface area contributed by atoms with Crippen molar-refractivity contribution in [3.8, 4) is 0 Å². The van der Waals surface area contributed by atoms with Crippen LogP contribution in [0.3, 0.4) is 0 Å². The molecule has 2 amide bonds. The number of ether oxygens (including phenoxy) is 1. The highest BCUT2D eigenvalue weighted by molar-refractivity contribution is 8.18. The average Bonchev–Trinajstić information content (AvgIpc) is 2.88. The Labute approximate surface area is 131 Å². The Bertz CT molecular complexity index is 618. The van der Waals surface area contributed by atoms with Crippen LogP contribution >= 0.6 is 23.1 Å². The Morgan fingerprint density at radius 2 is 2.10 bits per heavy atom. The third-order valence-electron chi connectivity index (χ3n) is 2.56. The van der Waals surface area contributed by atoms with Crippen LogP contribution in [0.25, 0.3) is 6.08 Å². The second-order valence-electron chi connectivity index (χ2n) is 4.75. The molecule has 1 aromatic heterocycles. The summed E-state index contributed by atoms with van der Waals surface area (Å²) in [5.41, 5.74) is 0. The molecule has 0 radical (unpaired) electrons. The first kappa shape index (κ1) is 15.8. The highest BCUT2D eigenvalue weighted by Crippen LogP contribution is 2.33. The Kier molecular flexibility index (Phi) is 4.84. The quantitative estimate of drug-likeness (QED) is 0.629. The fourth-order valence-corrected chi connectivity index (χ4v) is 3.45. The van der Waals surface area contributed by atoms with Crippen LogP contribution in [-0.4, -0.2) is 34.7 Å². The second kappa shape index (κ2) is 6.44. The molecular formula is C14H15NO4S2. The number of amides is 2. The van der Waals surface area contributed by atoms with Crippen LogP contribution in [0, 0.1) is 6.92 Å². The zero-order chi connectivity index (χ0) is 15.6. The third-order valence-corrected chi connectivity index (χ3v) is 4.42. The van der Waals surface area contributed by atoms with Gasteiger partial charge in [0.25, 0.3) is 11.1 Å². The van der Waals surface area contributed by atoms with Gasteiger partial charge in [0.15, 0.2) is 0 Å². The van der Waals surface area contributed by atoms with Gasteiger partial charge < -0.3 is 4.74 Å². The molecule has 5 nitrogen and oxygen atoms in total. The zero-order valence-corrected chi connectivity index (χ0v) is 13.5. The van der Waals surface area contributed by atoms with Gasteiger partial charge in [0.1, 0.15) is 6.54 Å². The van der Waals surface area contributed by atoms with Crippen molar-refractivity contribution in [2.24, 2.45) is 0 Å². The summed E-state index contributed by atoms with van der Waals surface area (Å²) in [5.74, 6) is -1.03. The molecule has 0 N–H and O–H groups in total. The monoisotopic (exact) mass is 325 g/mol. The molecule has 0 unspecified atom stereocenters. The normalized spacial score (nSPS) is 17.1. The molecule has 1 aliphatic rings. The Hall–Kier alpha value is -1.60. The molecule has 0 aliphatic carbocycles. The molecule has 1 aromatic rings. The van der Waals surface area contributed by atoms with E-state index in [0.29, 0.717) is 4.91 Å². The average molecular weight is 325 g/mol. The van der Waals surface area contributed by atoms with E-state index in [2.05, 4.69) is 0 Å². The number of imide groups is 1. The standard InChI is InChI=1S/C14H15NO4S2/c1-8(2)19-12(16)7-15-13(17)11(21-14(15)18)6-10-5-4-9(3)20-10/h4-6,8H,7H2,1-3H3/b11-6-. The van der Waals surface area contributed by atoms with Crippen LogP contribution < -0.4 is 0 Å². The molecule has 1 saturated heterocycles. The number of hydrogen-bond acceptors (Lipinski definition) is 6. The van der Waals surface area contributed by atoms with Crippen LogP contribution in [0.5, 0.6) is 0 Å². The van der Waals surface area contributed by atoms with Crippen LogP contribution in [0.2, 0.25) is 0 Å². The number of hydrogen-bond donors (Lipinski definition) is 0. The van der Waals surface area contributed by atoms with Crippen LogP contribution in [-0.2, 0) is 14.3 Å². The van der Waals surface area contributed by atoms with E-state index in [4.69, 9.17) is 4.74 Å². The topological polar surface area (TPSA) is 63.7 Å². The fourth-order valence-electron chi connectivity index (χ4n) is 1.73. The number of rotatable bonds is 4. The maximum Gasteiger partial charge on any atom is 0.326 e. The first-order valence-corrected chi connectivity index (χ1v) is 8.01. The summed E-state index contributed by atoms with van der Waals surface area (Å²) in [6.45, 7) is 5.05. The maximum absolute atomic E-state index is 12.2. The van der Waals surface area contributed by atoms with Crippen LogP contribution in [0.1, 0.15) is 23.6 Å². The molecule has 1 fully saturated rings. The summed E-state index contributed by atoms with van der Waals surface area (Å²) in [4.78, 5) is 38.9. The maximum atomic E-state index is 12.2. The van der Waals surface area contributed by atoms with E-state index in [1.54, 1.807) is 19.9 Å². The summed E-state index contributed by atoms with van der Waals surface area (Å²) in [7, 11) is 0. The predicted octanol–water partition coefficient (Wildman–Crippen LogP) is 3.04. The molecule has 21 heavy (non-hydrogen) atoms. The van der Waals surface area contributed by atoms with Crippen LogP contribution in [0.15, 0.2) is 17.0 Å². The smallest absolute Gasteiger partial charge is 0.326 e. The summed E-state index contributed by atoms with van der Waals surface area (Å²) >= 11 is 2.38. The number of aryl methyl sites for hydroxylation is 1. The van der Waals surface area contributed by atoms with Crippen molar-refractivity contribution >= 4 is 46.3 Å². The molecule has 112 valence electrons. The molecule has 2 heterocycles. The van der Waals surface area contributed by atoms with Gasteiger partial charge in [-0.15, -0.1) is 11.3 Å². The van der Waals surface area contributed by atoms with E-state index < -0.39 is 17.1 Å². The highest BCUT2D eigenvalue weighted by Gasteiger charge is 2.36. The lowest BCUT2D eigenvalue weighted by Crippen LogP contribution is -2.35. The molecule has 0 aromatic carbocycles. The van der Waals surface area contributed by atoms with Gasteiger partial charge in [0.05, 0.1) is 11.0 Å². The van der Waals surface area contributed by atoms with Crippen LogP contribution in [0.4, 0.5) is 4.79 Å². The van der Waals surface area contributed by atoms with Crippen molar-refractivity contribution in [1.29, 1.82) is 0 Å². The number of esters is 1. The number of carbonyl (C=O) groups excluding carboxylic acids is 3. The largest absolute Gasteiger partial charge is 0.462 e. The molecule has 7 heteroatoms. The third kappa shape index (κ3) is 3.95. The van der Waals surface area contributed by atoms with Gasteiger partial charge in [-0.25, -0.2) is 0 Å². The number of thiophene rings is 1. The van der Waals surface area contributed by atoms with Crippen molar-refractivity contribution in [2.75, 3.05) is 6.54 Å². The number of carbonyl (C=O) groups is 3. The van der Waals surface area contributed by atoms with Gasteiger partial charge in [-0.2, -0.15) is 0 Å². The van der Waals surface area contributed by atoms with Crippen molar-refractivity contribution in [1.82, 2.24) is 4.90 Å². The SMILES string of the molecule is Cc1ccc(/C=C2\SC(=O)N(CC(=O)OC(C)C)C2=O)s1. The Morgan fingerprint density at radius 3 is 2.67 bits per heavy atom. The van der Waals surface area contributed by atoms with E-state index in [-0.39, 0.29) is 12.6 Å². The summed E-state index contributed by atoms with van der Waals surface area (Å²) in [6.07, 6.45) is 1.40. The van der Waals surface area contributed by atoms with E-state index >= 15 is 0 Å². The second-order valence-corrected chi connectivity index (χ2v) is 7.07. The molecule has 2 rings (SSSR count). The molecule has 0 atom stereocenters. The molecular weight excluding hydrogens is 310 g/mol. The predicted molar refractivity (Wildman–Crippen MR) is 83.0 cm³/mol. The molecule has 0 saturated carbocycles. The minimum Gasteiger partial charge on any atom is -0.462 e. The van der Waals surface area contributed by atoms with E-state index in [1.807, 2.05) is 19.1 Å². The van der Waals surface area contributed by atoms with Crippen molar-refractivity contribution in [2.45, 2.75) is 26.9 Å². The Balaban J connectivity index is 2.09. The first-order valence-electron chi connectivity index (χ1n) is 6.38. The molecule has 0 spiro atoms. The number of thioether (sulfide) groups is 1. The van der Waals surface area contributed by atoms with Gasteiger partial charge in [-0.05, 0) is 50.7 Å². The van der Waals surface area contributed by atoms with Gasteiger partial charge >= 0.3 is 5.97 Å². The van der Waals surface area contributed by atoms with E-state index in [1.165, 1.54) is 11.3 Å². The summed E-state index contributed by atoms with van der Waals surface area (Å²) < 4.78 is 4.95. The van der Waals surface area contributed by atoms with Crippen molar-refractivity contribution in [3.63, 3.8) is 0 Å². The Morgan fingerprint density at radius 1 is 1.38 bits per heavy atom. The van der Waals surface area contributed by atoms with Crippen molar-refractivity contribution in [3.05, 3.63) is 26.8 Å². The fraction of sp³-hybridized carbons (Fsp3) is 0.357. The van der Waals surface area contributed by atoms with Gasteiger partial charge in [0.2, 0.25) is 0 Å². The van der Waals surface area contributed by atoms with E-state index in [9.17, 15) is 14.4 Å². The lowest BCUT2D eigenvalue weighted by molar-refractivity contribution is -0.149. The van der Waals surface area contributed by atoms with Gasteiger partial charge in [0, 0.05) is 9.75 Å². The van der Waals surface area contributed by atoms with Gasteiger partial charge in [-0.3, -0.25) is 19.3 Å². The minimum absolute atomic E-state index is 0.276. The molecule has 1 aliphatic heterocycles. The molecule has 0 bridgehead atoms. The zero-order valence-electron chi connectivity index (χ0n) is 11.9. The van der Waals surface area contributed by atoms with Crippen molar-refractivity contribution < 1.29 is 19.1 Å². The summed E-state index contributed by atoms with van der Waals surface area (Å²) in [5, 5.41) is -0.444. The first-order chi connectivity index (χ1) is 9.86. The number of nitrogens with zero attached hydrogens (tertiary/aromatic N) is 1. The lowest BCUT2D eigenvalue weighted by atomic mass is 10.3.